The Kier molecular flexibility index (Phi) is 3.27. The third-order valence-electron chi connectivity index (χ3n) is 2.90. The van der Waals surface area contributed by atoms with Crippen molar-refractivity contribution < 1.29 is 12.8 Å². The van der Waals surface area contributed by atoms with E-state index in [2.05, 4.69) is 4.98 Å². The highest BCUT2D eigenvalue weighted by molar-refractivity contribution is 8.13. The lowest BCUT2D eigenvalue weighted by molar-refractivity contribution is 0.518. The van der Waals surface area contributed by atoms with Gasteiger partial charge in [-0.3, -0.25) is 0 Å². The average Bonchev–Trinajstić information content (AvgIpc) is 2.46. The van der Waals surface area contributed by atoms with Gasteiger partial charge < -0.3 is 4.42 Å². The molecule has 1 heterocycles. The van der Waals surface area contributed by atoms with E-state index in [-0.39, 0.29) is 10.8 Å². The molecule has 3 aromatic rings. The Morgan fingerprint density at radius 2 is 1.81 bits per heavy atom. The summed E-state index contributed by atoms with van der Waals surface area (Å²) in [5.74, 6) is 0.0425. The Balaban J connectivity index is 2.24. The molecular formula is C14H8ClNO4S. The smallest absolute Gasteiger partial charge is 0.347 e. The van der Waals surface area contributed by atoms with E-state index in [0.29, 0.717) is 16.5 Å². The fraction of sp³-hybridized carbons (Fsp3) is 0. The summed E-state index contributed by atoms with van der Waals surface area (Å²) in [5.41, 5.74) is 0.303. The molecule has 21 heavy (non-hydrogen) atoms. The van der Waals surface area contributed by atoms with E-state index in [9.17, 15) is 13.2 Å². The molecule has 0 radical (unpaired) electrons. The van der Waals surface area contributed by atoms with Crippen molar-refractivity contribution in [2.75, 3.05) is 0 Å². The number of aromatic nitrogens is 1. The third-order valence-corrected chi connectivity index (χ3v) is 4.25. The second kappa shape index (κ2) is 4.98. The van der Waals surface area contributed by atoms with Gasteiger partial charge >= 0.3 is 5.63 Å². The van der Waals surface area contributed by atoms with Gasteiger partial charge in [-0.15, -0.1) is 0 Å². The first-order valence-electron chi connectivity index (χ1n) is 5.90. The van der Waals surface area contributed by atoms with Crippen LogP contribution < -0.4 is 5.63 Å². The lowest BCUT2D eigenvalue weighted by Crippen LogP contribution is -2.03. The fourth-order valence-corrected chi connectivity index (χ4v) is 2.72. The first kappa shape index (κ1) is 13.8. The van der Waals surface area contributed by atoms with E-state index in [1.165, 1.54) is 18.2 Å². The molecule has 0 amide bonds. The SMILES string of the molecule is O=c1oc(-c2cccc(S(=O)(=O)Cl)c2)nc2ccccc12. The molecule has 0 aliphatic carbocycles. The van der Waals surface area contributed by atoms with Crippen LogP contribution in [0.4, 0.5) is 0 Å². The van der Waals surface area contributed by atoms with Gasteiger partial charge in [0.25, 0.3) is 9.05 Å². The van der Waals surface area contributed by atoms with E-state index in [1.807, 2.05) is 0 Å². The van der Waals surface area contributed by atoms with Crippen molar-refractivity contribution in [3.05, 3.63) is 59.0 Å². The summed E-state index contributed by atoms with van der Waals surface area (Å²) in [6.07, 6.45) is 0. The molecule has 0 fully saturated rings. The summed E-state index contributed by atoms with van der Waals surface area (Å²) in [6, 6.07) is 12.5. The molecule has 0 atom stereocenters. The van der Waals surface area contributed by atoms with E-state index < -0.39 is 14.7 Å². The Bertz CT molecular complexity index is 995. The van der Waals surface area contributed by atoms with E-state index in [1.54, 1.807) is 30.3 Å². The molecule has 0 spiro atoms. The van der Waals surface area contributed by atoms with Crippen molar-refractivity contribution in [2.24, 2.45) is 0 Å². The van der Waals surface area contributed by atoms with Crippen LogP contribution in [-0.4, -0.2) is 13.4 Å². The highest BCUT2D eigenvalue weighted by Crippen LogP contribution is 2.23. The van der Waals surface area contributed by atoms with Crippen LogP contribution in [0.1, 0.15) is 0 Å². The van der Waals surface area contributed by atoms with Crippen molar-refractivity contribution in [1.29, 1.82) is 0 Å². The van der Waals surface area contributed by atoms with Gasteiger partial charge in [-0.1, -0.05) is 18.2 Å². The molecule has 0 saturated heterocycles. The van der Waals surface area contributed by atoms with Gasteiger partial charge in [-0.2, -0.15) is 0 Å². The zero-order chi connectivity index (χ0) is 15.0. The number of fused-ring (bicyclic) bond motifs is 1. The van der Waals surface area contributed by atoms with Crippen LogP contribution in [0.5, 0.6) is 0 Å². The van der Waals surface area contributed by atoms with Gasteiger partial charge in [-0.05, 0) is 30.3 Å². The van der Waals surface area contributed by atoms with Crippen LogP contribution in [0, 0.1) is 0 Å². The van der Waals surface area contributed by atoms with E-state index >= 15 is 0 Å². The van der Waals surface area contributed by atoms with Gasteiger partial charge in [0.05, 0.1) is 15.8 Å². The molecule has 0 aliphatic rings. The van der Waals surface area contributed by atoms with Gasteiger partial charge in [0.15, 0.2) is 0 Å². The molecule has 0 unspecified atom stereocenters. The first-order chi connectivity index (χ1) is 9.95. The standard InChI is InChI=1S/C14H8ClNO4S/c15-21(18,19)10-5-3-4-9(8-10)13-16-12-7-2-1-6-11(12)14(17)20-13/h1-8H. The second-order valence-corrected chi connectivity index (χ2v) is 6.86. The number of halogens is 1. The number of rotatable bonds is 2. The maximum absolute atomic E-state index is 11.9. The predicted molar refractivity (Wildman–Crippen MR) is 78.8 cm³/mol. The molecule has 1 aromatic heterocycles. The molecule has 0 N–H and O–H groups in total. The molecule has 7 heteroatoms. The van der Waals surface area contributed by atoms with Crippen molar-refractivity contribution in [3.8, 4) is 11.5 Å². The Hall–Kier alpha value is -2.18. The zero-order valence-electron chi connectivity index (χ0n) is 10.5. The molecule has 5 nitrogen and oxygen atoms in total. The van der Waals surface area contributed by atoms with Crippen LogP contribution in [0.25, 0.3) is 22.4 Å². The van der Waals surface area contributed by atoms with Crippen molar-refractivity contribution in [1.82, 2.24) is 4.98 Å². The Morgan fingerprint density at radius 3 is 2.57 bits per heavy atom. The van der Waals surface area contributed by atoms with Crippen LogP contribution in [0.2, 0.25) is 0 Å². The largest absolute Gasteiger partial charge is 0.403 e. The molecule has 3 rings (SSSR count). The molecular weight excluding hydrogens is 314 g/mol. The average molecular weight is 322 g/mol. The quantitative estimate of drug-likeness (QED) is 0.678. The summed E-state index contributed by atoms with van der Waals surface area (Å²) < 4.78 is 27.8. The van der Waals surface area contributed by atoms with Crippen LogP contribution in [-0.2, 0) is 9.05 Å². The first-order valence-corrected chi connectivity index (χ1v) is 8.21. The van der Waals surface area contributed by atoms with E-state index in [0.717, 1.165) is 0 Å². The lowest BCUT2D eigenvalue weighted by Gasteiger charge is -2.03. The minimum absolute atomic E-state index is 0.0425. The van der Waals surface area contributed by atoms with Crippen LogP contribution in [0.15, 0.2) is 62.6 Å². The van der Waals surface area contributed by atoms with Gasteiger partial charge in [0, 0.05) is 16.2 Å². The summed E-state index contributed by atoms with van der Waals surface area (Å²) in [7, 11) is 1.44. The molecule has 0 saturated carbocycles. The van der Waals surface area contributed by atoms with Crippen LogP contribution >= 0.6 is 10.7 Å². The van der Waals surface area contributed by atoms with Crippen molar-refractivity contribution in [3.63, 3.8) is 0 Å². The van der Waals surface area contributed by atoms with E-state index in [4.69, 9.17) is 15.1 Å². The monoisotopic (exact) mass is 321 g/mol. The second-order valence-electron chi connectivity index (χ2n) is 4.29. The number of hydrogen-bond acceptors (Lipinski definition) is 5. The Labute approximate surface area is 124 Å². The fourth-order valence-electron chi connectivity index (χ4n) is 1.92. The van der Waals surface area contributed by atoms with Crippen molar-refractivity contribution in [2.45, 2.75) is 4.90 Å². The third kappa shape index (κ3) is 2.68. The normalized spacial score (nSPS) is 11.7. The predicted octanol–water partition coefficient (Wildman–Crippen LogP) is 2.78. The highest BCUT2D eigenvalue weighted by Gasteiger charge is 2.13. The van der Waals surface area contributed by atoms with Crippen molar-refractivity contribution >= 4 is 30.6 Å². The summed E-state index contributed by atoms with van der Waals surface area (Å²) in [4.78, 5) is 16.0. The zero-order valence-corrected chi connectivity index (χ0v) is 12.1. The molecule has 0 aliphatic heterocycles. The molecule has 106 valence electrons. The van der Waals surface area contributed by atoms with Gasteiger partial charge in [-0.25, -0.2) is 18.2 Å². The topological polar surface area (TPSA) is 77.2 Å². The maximum atomic E-state index is 11.9. The number of para-hydroxylation sites is 1. The summed E-state index contributed by atoms with van der Waals surface area (Å²) in [6.45, 7) is 0. The van der Waals surface area contributed by atoms with Gasteiger partial charge in [0.1, 0.15) is 0 Å². The molecule has 2 aromatic carbocycles. The number of benzene rings is 2. The van der Waals surface area contributed by atoms with Gasteiger partial charge in [0.2, 0.25) is 5.89 Å². The number of nitrogens with zero attached hydrogens (tertiary/aromatic N) is 1. The minimum atomic E-state index is -3.86. The van der Waals surface area contributed by atoms with Crippen LogP contribution in [0.3, 0.4) is 0 Å². The minimum Gasteiger partial charge on any atom is -0.403 e. The number of hydrogen-bond donors (Lipinski definition) is 0. The molecule has 0 bridgehead atoms. The Morgan fingerprint density at radius 1 is 1.05 bits per heavy atom. The maximum Gasteiger partial charge on any atom is 0.347 e. The summed E-state index contributed by atoms with van der Waals surface area (Å²) in [5, 5.41) is 0.363. The lowest BCUT2D eigenvalue weighted by atomic mass is 10.2. The summed E-state index contributed by atoms with van der Waals surface area (Å²) >= 11 is 0. The highest BCUT2D eigenvalue weighted by atomic mass is 35.7.